The first kappa shape index (κ1) is 11.8. The van der Waals surface area contributed by atoms with Gasteiger partial charge < -0.3 is 0 Å². The van der Waals surface area contributed by atoms with Gasteiger partial charge in [0.2, 0.25) is 5.91 Å². The van der Waals surface area contributed by atoms with E-state index < -0.39 is 0 Å². The lowest BCUT2D eigenvalue weighted by atomic mass is 10.2. The normalized spacial score (nSPS) is 13.1. The highest BCUT2D eigenvalue weighted by Crippen LogP contribution is 2.14. The van der Waals surface area contributed by atoms with E-state index in [4.69, 9.17) is 5.84 Å². The number of nitrogens with two attached hydrogens (primary N) is 1. The molecular weight excluding hydrogens is 172 g/mol. The Balaban J connectivity index is 3.43. The van der Waals surface area contributed by atoms with Crippen LogP contribution in [-0.4, -0.2) is 16.9 Å². The Morgan fingerprint density at radius 3 is 2.50 bits per heavy atom. The Morgan fingerprint density at radius 1 is 1.50 bits per heavy atom. The fraction of sp³-hybridized carbons (Fsp3) is 0.875. The molecule has 1 atom stereocenters. The maximum absolute atomic E-state index is 10.9. The predicted octanol–water partition coefficient (Wildman–Crippen LogP) is 1.14. The third-order valence-electron chi connectivity index (χ3n) is 1.57. The molecule has 0 aromatic rings. The van der Waals surface area contributed by atoms with E-state index >= 15 is 0 Å². The minimum absolute atomic E-state index is 0.0336. The minimum Gasteiger partial charge on any atom is -0.293 e. The number of carbonyl (C=O) groups excluding carboxylic acids is 1. The van der Waals surface area contributed by atoms with Crippen molar-refractivity contribution >= 4 is 17.7 Å². The highest BCUT2D eigenvalue weighted by Gasteiger charge is 2.10. The zero-order chi connectivity index (χ0) is 9.56. The van der Waals surface area contributed by atoms with E-state index in [1.807, 2.05) is 6.92 Å². The van der Waals surface area contributed by atoms with Crippen molar-refractivity contribution in [3.8, 4) is 0 Å². The highest BCUT2D eigenvalue weighted by atomic mass is 32.2. The summed E-state index contributed by atoms with van der Waals surface area (Å²) in [6.45, 7) is 6.22. The van der Waals surface area contributed by atoms with Crippen molar-refractivity contribution in [2.24, 2.45) is 11.8 Å². The standard InChI is InChI=1S/C8H18N2OS/c1-6(2)4-5-12-7(3)8(11)10-9/h6-7H,4-5,9H2,1-3H3,(H,10,11). The monoisotopic (exact) mass is 190 g/mol. The van der Waals surface area contributed by atoms with Gasteiger partial charge in [0.05, 0.1) is 5.25 Å². The number of hydrazine groups is 1. The van der Waals surface area contributed by atoms with E-state index in [1.54, 1.807) is 11.8 Å². The van der Waals surface area contributed by atoms with E-state index in [1.165, 1.54) is 0 Å². The summed E-state index contributed by atoms with van der Waals surface area (Å²) in [6, 6.07) is 0. The van der Waals surface area contributed by atoms with Crippen LogP contribution < -0.4 is 11.3 Å². The lowest BCUT2D eigenvalue weighted by Crippen LogP contribution is -2.36. The molecule has 4 heteroatoms. The second-order valence-corrected chi connectivity index (χ2v) is 4.65. The molecule has 0 heterocycles. The largest absolute Gasteiger partial charge is 0.293 e. The van der Waals surface area contributed by atoms with Crippen LogP contribution in [0.15, 0.2) is 0 Å². The Labute approximate surface area is 78.4 Å². The van der Waals surface area contributed by atoms with Crippen LogP contribution in [0.25, 0.3) is 0 Å². The fourth-order valence-corrected chi connectivity index (χ4v) is 1.85. The van der Waals surface area contributed by atoms with Gasteiger partial charge in [-0.05, 0) is 25.0 Å². The van der Waals surface area contributed by atoms with Crippen LogP contribution >= 0.6 is 11.8 Å². The molecule has 0 saturated heterocycles. The van der Waals surface area contributed by atoms with Crippen LogP contribution in [0.2, 0.25) is 0 Å². The molecule has 0 aromatic carbocycles. The molecule has 0 bridgehead atoms. The smallest absolute Gasteiger partial charge is 0.246 e. The highest BCUT2D eigenvalue weighted by molar-refractivity contribution is 8.00. The molecule has 0 rings (SSSR count). The van der Waals surface area contributed by atoms with Crippen molar-refractivity contribution in [3.05, 3.63) is 0 Å². The molecule has 0 aliphatic rings. The number of amides is 1. The lowest BCUT2D eigenvalue weighted by molar-refractivity contribution is -0.120. The molecule has 0 saturated carbocycles. The molecule has 0 aromatic heterocycles. The average molecular weight is 190 g/mol. The first-order valence-electron chi connectivity index (χ1n) is 4.20. The molecular formula is C8H18N2OS. The number of hydrogen-bond donors (Lipinski definition) is 2. The topological polar surface area (TPSA) is 55.1 Å². The van der Waals surface area contributed by atoms with Crippen molar-refractivity contribution < 1.29 is 4.79 Å². The molecule has 0 fully saturated rings. The summed E-state index contributed by atoms with van der Waals surface area (Å²) in [7, 11) is 0. The summed E-state index contributed by atoms with van der Waals surface area (Å²) in [6.07, 6.45) is 1.15. The molecule has 0 aliphatic heterocycles. The Hall–Kier alpha value is -0.220. The first-order chi connectivity index (χ1) is 5.57. The first-order valence-corrected chi connectivity index (χ1v) is 5.24. The maximum Gasteiger partial charge on any atom is 0.246 e. The molecule has 12 heavy (non-hydrogen) atoms. The number of carbonyl (C=O) groups is 1. The molecule has 0 radical (unpaired) electrons. The van der Waals surface area contributed by atoms with Crippen LogP contribution in [-0.2, 0) is 4.79 Å². The second kappa shape index (κ2) is 6.31. The number of nitrogens with one attached hydrogen (secondary N) is 1. The van der Waals surface area contributed by atoms with Crippen molar-refractivity contribution in [1.82, 2.24) is 5.43 Å². The number of hydrogen-bond acceptors (Lipinski definition) is 3. The summed E-state index contributed by atoms with van der Waals surface area (Å²) in [4.78, 5) is 10.9. The molecule has 72 valence electrons. The van der Waals surface area contributed by atoms with Gasteiger partial charge in [0.1, 0.15) is 0 Å². The lowest BCUT2D eigenvalue weighted by Gasteiger charge is -2.09. The van der Waals surface area contributed by atoms with Crippen LogP contribution in [0, 0.1) is 5.92 Å². The average Bonchev–Trinajstić information content (AvgIpc) is 2.02. The fourth-order valence-electron chi connectivity index (χ4n) is 0.674. The Kier molecular flexibility index (Phi) is 6.20. The summed E-state index contributed by atoms with van der Waals surface area (Å²) in [5, 5.41) is -0.0336. The summed E-state index contributed by atoms with van der Waals surface area (Å²) in [5.41, 5.74) is 2.14. The van der Waals surface area contributed by atoms with Gasteiger partial charge in [-0.2, -0.15) is 0 Å². The van der Waals surface area contributed by atoms with Crippen LogP contribution in [0.3, 0.4) is 0 Å². The summed E-state index contributed by atoms with van der Waals surface area (Å²) < 4.78 is 0. The molecule has 1 amide bonds. The van der Waals surface area contributed by atoms with Crippen molar-refractivity contribution in [1.29, 1.82) is 0 Å². The van der Waals surface area contributed by atoms with Crippen LogP contribution in [0.5, 0.6) is 0 Å². The number of thioether (sulfide) groups is 1. The quantitative estimate of drug-likeness (QED) is 0.388. The van der Waals surface area contributed by atoms with Gasteiger partial charge in [0.15, 0.2) is 0 Å². The van der Waals surface area contributed by atoms with E-state index in [9.17, 15) is 4.79 Å². The van der Waals surface area contributed by atoms with Crippen LogP contribution in [0.4, 0.5) is 0 Å². The van der Waals surface area contributed by atoms with Gasteiger partial charge in [-0.15, -0.1) is 11.8 Å². The van der Waals surface area contributed by atoms with Crippen molar-refractivity contribution in [2.75, 3.05) is 5.75 Å². The van der Waals surface area contributed by atoms with Gasteiger partial charge in [0.25, 0.3) is 0 Å². The van der Waals surface area contributed by atoms with E-state index in [0.29, 0.717) is 5.92 Å². The minimum atomic E-state index is -0.0937. The van der Waals surface area contributed by atoms with Gasteiger partial charge in [-0.3, -0.25) is 10.2 Å². The Bertz CT molecular complexity index is 139. The van der Waals surface area contributed by atoms with Gasteiger partial charge in [-0.25, -0.2) is 5.84 Å². The van der Waals surface area contributed by atoms with E-state index in [0.717, 1.165) is 12.2 Å². The predicted molar refractivity (Wildman–Crippen MR) is 53.7 cm³/mol. The van der Waals surface area contributed by atoms with Crippen LogP contribution in [0.1, 0.15) is 27.2 Å². The SMILES string of the molecule is CC(C)CCSC(C)C(=O)NN. The van der Waals surface area contributed by atoms with Gasteiger partial charge in [0, 0.05) is 0 Å². The molecule has 0 aliphatic carbocycles. The Morgan fingerprint density at radius 2 is 2.08 bits per heavy atom. The van der Waals surface area contributed by atoms with Crippen molar-refractivity contribution in [2.45, 2.75) is 32.4 Å². The maximum atomic E-state index is 10.9. The summed E-state index contributed by atoms with van der Waals surface area (Å²) in [5.74, 6) is 6.62. The molecule has 3 nitrogen and oxygen atoms in total. The van der Waals surface area contributed by atoms with Gasteiger partial charge >= 0.3 is 0 Å². The summed E-state index contributed by atoms with van der Waals surface area (Å²) >= 11 is 1.65. The molecule has 0 spiro atoms. The molecule has 1 unspecified atom stereocenters. The second-order valence-electron chi connectivity index (χ2n) is 3.20. The van der Waals surface area contributed by atoms with Crippen molar-refractivity contribution in [3.63, 3.8) is 0 Å². The van der Waals surface area contributed by atoms with E-state index in [-0.39, 0.29) is 11.2 Å². The van der Waals surface area contributed by atoms with Gasteiger partial charge in [-0.1, -0.05) is 13.8 Å². The number of rotatable bonds is 5. The van der Waals surface area contributed by atoms with E-state index in [2.05, 4.69) is 19.3 Å². The third-order valence-corrected chi connectivity index (χ3v) is 2.76. The zero-order valence-corrected chi connectivity index (χ0v) is 8.78. The zero-order valence-electron chi connectivity index (χ0n) is 7.96. The third kappa shape index (κ3) is 5.43. The molecule has 3 N–H and O–H groups in total.